The SMILES string of the molecule is CN(CCN(C)c1ccccc1)C(=O)C1COCCN1. The third-order valence-electron chi connectivity index (χ3n) is 3.56. The molecular weight excluding hydrogens is 254 g/mol. The molecule has 1 aliphatic rings. The molecular formula is C15H23N3O2. The fraction of sp³-hybridized carbons (Fsp3) is 0.533. The summed E-state index contributed by atoms with van der Waals surface area (Å²) in [5.41, 5.74) is 1.16. The molecule has 1 heterocycles. The van der Waals surface area contributed by atoms with Crippen LogP contribution in [0, 0.1) is 0 Å². The first-order chi connectivity index (χ1) is 9.68. The number of carbonyl (C=O) groups excluding carboxylic acids is 1. The second kappa shape index (κ2) is 7.26. The molecule has 0 bridgehead atoms. The van der Waals surface area contributed by atoms with Gasteiger partial charge in [0, 0.05) is 39.4 Å². The van der Waals surface area contributed by atoms with E-state index in [4.69, 9.17) is 4.74 Å². The Hall–Kier alpha value is -1.59. The highest BCUT2D eigenvalue weighted by Crippen LogP contribution is 2.10. The fourth-order valence-electron chi connectivity index (χ4n) is 2.21. The molecule has 1 aromatic carbocycles. The van der Waals surface area contributed by atoms with Crippen LogP contribution in [0.1, 0.15) is 0 Å². The van der Waals surface area contributed by atoms with Crippen molar-refractivity contribution in [1.29, 1.82) is 0 Å². The number of nitrogens with zero attached hydrogens (tertiary/aromatic N) is 2. The van der Waals surface area contributed by atoms with E-state index in [1.165, 1.54) is 0 Å². The van der Waals surface area contributed by atoms with Crippen molar-refractivity contribution < 1.29 is 9.53 Å². The molecule has 5 nitrogen and oxygen atoms in total. The van der Waals surface area contributed by atoms with Gasteiger partial charge in [-0.2, -0.15) is 0 Å². The summed E-state index contributed by atoms with van der Waals surface area (Å²) in [6, 6.07) is 9.97. The standard InChI is InChI=1S/C15H23N3O2/c1-17(13-6-4-3-5-7-13)9-10-18(2)15(19)14-12-20-11-8-16-14/h3-7,14,16H,8-12H2,1-2H3. The van der Waals surface area contributed by atoms with Crippen LogP contribution >= 0.6 is 0 Å². The molecule has 110 valence electrons. The number of benzene rings is 1. The Morgan fingerprint density at radius 2 is 2.05 bits per heavy atom. The van der Waals surface area contributed by atoms with E-state index in [0.29, 0.717) is 19.8 Å². The number of amides is 1. The average molecular weight is 277 g/mol. The Bertz CT molecular complexity index is 418. The minimum Gasteiger partial charge on any atom is -0.378 e. The molecule has 0 radical (unpaired) electrons. The molecule has 1 amide bonds. The molecule has 20 heavy (non-hydrogen) atoms. The van der Waals surface area contributed by atoms with Crippen LogP contribution in [-0.4, -0.2) is 63.8 Å². The van der Waals surface area contributed by atoms with E-state index >= 15 is 0 Å². The Morgan fingerprint density at radius 3 is 2.70 bits per heavy atom. The van der Waals surface area contributed by atoms with Crippen molar-refractivity contribution in [1.82, 2.24) is 10.2 Å². The molecule has 0 aromatic heterocycles. The lowest BCUT2D eigenvalue weighted by atomic mass is 10.2. The van der Waals surface area contributed by atoms with Gasteiger partial charge >= 0.3 is 0 Å². The first-order valence-corrected chi connectivity index (χ1v) is 7.01. The van der Waals surface area contributed by atoms with Gasteiger partial charge in [0.25, 0.3) is 0 Å². The van der Waals surface area contributed by atoms with Crippen molar-refractivity contribution in [2.75, 3.05) is 51.8 Å². The molecule has 1 atom stereocenters. The fourth-order valence-corrected chi connectivity index (χ4v) is 2.21. The van der Waals surface area contributed by atoms with Crippen molar-refractivity contribution in [3.05, 3.63) is 30.3 Å². The zero-order valence-corrected chi connectivity index (χ0v) is 12.2. The molecule has 5 heteroatoms. The number of rotatable bonds is 5. The normalized spacial score (nSPS) is 18.6. The van der Waals surface area contributed by atoms with E-state index in [-0.39, 0.29) is 11.9 Å². The summed E-state index contributed by atoms with van der Waals surface area (Å²) >= 11 is 0. The number of anilines is 1. The zero-order chi connectivity index (χ0) is 14.4. The first-order valence-electron chi connectivity index (χ1n) is 7.01. The van der Waals surface area contributed by atoms with Crippen molar-refractivity contribution in [2.24, 2.45) is 0 Å². The second-order valence-corrected chi connectivity index (χ2v) is 5.10. The maximum atomic E-state index is 12.2. The van der Waals surface area contributed by atoms with Gasteiger partial charge in [-0.1, -0.05) is 18.2 Å². The van der Waals surface area contributed by atoms with Gasteiger partial charge in [0.05, 0.1) is 13.2 Å². The third-order valence-corrected chi connectivity index (χ3v) is 3.56. The molecule has 1 unspecified atom stereocenters. The van der Waals surface area contributed by atoms with Crippen LogP contribution in [0.25, 0.3) is 0 Å². The van der Waals surface area contributed by atoms with E-state index in [1.807, 2.05) is 32.3 Å². The average Bonchev–Trinajstić information content (AvgIpc) is 2.53. The number of morpholine rings is 1. The number of hydrogen-bond donors (Lipinski definition) is 1. The molecule has 0 saturated carbocycles. The van der Waals surface area contributed by atoms with E-state index in [9.17, 15) is 4.79 Å². The quantitative estimate of drug-likeness (QED) is 0.854. The lowest BCUT2D eigenvalue weighted by Gasteiger charge is -2.29. The van der Waals surface area contributed by atoms with Crippen LogP contribution in [-0.2, 0) is 9.53 Å². The van der Waals surface area contributed by atoms with Gasteiger partial charge in [-0.3, -0.25) is 4.79 Å². The van der Waals surface area contributed by atoms with Gasteiger partial charge in [-0.05, 0) is 12.1 Å². The predicted octanol–water partition coefficient (Wildman–Crippen LogP) is 0.570. The Kier molecular flexibility index (Phi) is 5.38. The van der Waals surface area contributed by atoms with Crippen LogP contribution in [0.15, 0.2) is 30.3 Å². The zero-order valence-electron chi connectivity index (χ0n) is 12.2. The molecule has 0 spiro atoms. The van der Waals surface area contributed by atoms with Crippen molar-refractivity contribution in [3.8, 4) is 0 Å². The molecule has 1 aliphatic heterocycles. The summed E-state index contributed by atoms with van der Waals surface area (Å²) in [6.45, 7) is 3.40. The van der Waals surface area contributed by atoms with Gasteiger partial charge in [0.2, 0.25) is 5.91 Å². The van der Waals surface area contributed by atoms with Crippen molar-refractivity contribution in [2.45, 2.75) is 6.04 Å². The van der Waals surface area contributed by atoms with E-state index in [2.05, 4.69) is 22.3 Å². The van der Waals surface area contributed by atoms with E-state index in [0.717, 1.165) is 18.8 Å². The van der Waals surface area contributed by atoms with Crippen LogP contribution in [0.5, 0.6) is 0 Å². The minimum atomic E-state index is -0.198. The van der Waals surface area contributed by atoms with E-state index < -0.39 is 0 Å². The Morgan fingerprint density at radius 1 is 1.30 bits per heavy atom. The molecule has 1 fully saturated rings. The molecule has 2 rings (SSSR count). The summed E-state index contributed by atoms with van der Waals surface area (Å²) in [4.78, 5) is 16.1. The number of ether oxygens (including phenoxy) is 1. The second-order valence-electron chi connectivity index (χ2n) is 5.10. The summed E-state index contributed by atoms with van der Waals surface area (Å²) in [5, 5.41) is 3.19. The van der Waals surface area contributed by atoms with Crippen LogP contribution in [0.3, 0.4) is 0 Å². The van der Waals surface area contributed by atoms with Crippen LogP contribution in [0.4, 0.5) is 5.69 Å². The highest BCUT2D eigenvalue weighted by atomic mass is 16.5. The molecule has 1 aromatic rings. The summed E-state index contributed by atoms with van der Waals surface area (Å²) < 4.78 is 5.33. The summed E-state index contributed by atoms with van der Waals surface area (Å²) in [7, 11) is 3.88. The first kappa shape index (κ1) is 14.8. The van der Waals surface area contributed by atoms with Crippen LogP contribution in [0.2, 0.25) is 0 Å². The predicted molar refractivity (Wildman–Crippen MR) is 80.0 cm³/mol. The smallest absolute Gasteiger partial charge is 0.241 e. The van der Waals surface area contributed by atoms with Crippen LogP contribution < -0.4 is 10.2 Å². The lowest BCUT2D eigenvalue weighted by Crippen LogP contribution is -2.52. The lowest BCUT2D eigenvalue weighted by molar-refractivity contribution is -0.134. The third kappa shape index (κ3) is 3.95. The Balaban J connectivity index is 1.79. The van der Waals surface area contributed by atoms with Gasteiger partial charge in [0.1, 0.15) is 6.04 Å². The largest absolute Gasteiger partial charge is 0.378 e. The molecule has 1 saturated heterocycles. The maximum Gasteiger partial charge on any atom is 0.241 e. The van der Waals surface area contributed by atoms with Gasteiger partial charge < -0.3 is 19.9 Å². The maximum absolute atomic E-state index is 12.2. The van der Waals surface area contributed by atoms with Crippen molar-refractivity contribution >= 4 is 11.6 Å². The number of likely N-dealkylation sites (N-methyl/N-ethyl adjacent to an activating group) is 2. The van der Waals surface area contributed by atoms with E-state index in [1.54, 1.807) is 4.90 Å². The Labute approximate surface area is 120 Å². The molecule has 0 aliphatic carbocycles. The monoisotopic (exact) mass is 277 g/mol. The van der Waals surface area contributed by atoms with Gasteiger partial charge in [-0.15, -0.1) is 0 Å². The summed E-state index contributed by atoms with van der Waals surface area (Å²) in [6.07, 6.45) is 0. The summed E-state index contributed by atoms with van der Waals surface area (Å²) in [5.74, 6) is 0.103. The highest BCUT2D eigenvalue weighted by molar-refractivity contribution is 5.82. The number of nitrogens with one attached hydrogen (secondary N) is 1. The topological polar surface area (TPSA) is 44.8 Å². The minimum absolute atomic E-state index is 0.103. The van der Waals surface area contributed by atoms with Gasteiger partial charge in [0.15, 0.2) is 0 Å². The van der Waals surface area contributed by atoms with Crippen molar-refractivity contribution in [3.63, 3.8) is 0 Å². The van der Waals surface area contributed by atoms with Gasteiger partial charge in [-0.25, -0.2) is 0 Å². The number of para-hydroxylation sites is 1. The molecule has 1 N–H and O–H groups in total. The number of hydrogen-bond acceptors (Lipinski definition) is 4. The number of carbonyl (C=O) groups is 1. The highest BCUT2D eigenvalue weighted by Gasteiger charge is 2.24.